The first-order chi connectivity index (χ1) is 15.5. The molecule has 1 aliphatic heterocycles. The highest BCUT2D eigenvalue weighted by Crippen LogP contribution is 2.25. The lowest BCUT2D eigenvalue weighted by Gasteiger charge is -2.39. The number of nitrogens with zero attached hydrogens (tertiary/aromatic N) is 1. The minimum atomic E-state index is -0.479. The molecule has 1 aliphatic rings. The predicted molar refractivity (Wildman–Crippen MR) is 128 cm³/mol. The van der Waals surface area contributed by atoms with Gasteiger partial charge in [0.15, 0.2) is 5.78 Å². The van der Waals surface area contributed by atoms with Gasteiger partial charge in [-0.3, -0.25) is 9.59 Å². The molecule has 0 radical (unpaired) electrons. The molecule has 32 heavy (non-hydrogen) atoms. The van der Waals surface area contributed by atoms with E-state index in [0.717, 1.165) is 24.1 Å². The summed E-state index contributed by atoms with van der Waals surface area (Å²) in [7, 11) is 0. The van der Waals surface area contributed by atoms with Crippen LogP contribution in [0.3, 0.4) is 0 Å². The van der Waals surface area contributed by atoms with E-state index < -0.39 is 6.04 Å². The lowest BCUT2D eigenvalue weighted by Crippen LogP contribution is -2.54. The molecule has 0 aliphatic carbocycles. The zero-order valence-electron chi connectivity index (χ0n) is 18.8. The molecule has 1 N–H and O–H groups in total. The van der Waals surface area contributed by atoms with Crippen LogP contribution in [0.15, 0.2) is 78.9 Å². The number of carbonyl (C=O) groups excluding carboxylic acids is 2. The van der Waals surface area contributed by atoms with Gasteiger partial charge in [-0.05, 0) is 44.4 Å². The van der Waals surface area contributed by atoms with Crippen LogP contribution < -0.4 is 5.32 Å². The standard InChI is InChI=1S/C28H30N2O2/c1-20-15-21(2)17-24(16-20)28(32)30-14-13-25(29-19-22-9-5-3-6-10-22)18-26(30)27(31)23-11-7-4-8-12-23/h3-12,15-17,25-26,29H,13-14,18-19H2,1-2H3/t25-,26+/m0/s1. The Morgan fingerprint density at radius 3 is 2.16 bits per heavy atom. The average Bonchev–Trinajstić information content (AvgIpc) is 2.82. The van der Waals surface area contributed by atoms with E-state index in [0.29, 0.717) is 24.1 Å². The van der Waals surface area contributed by atoms with Gasteiger partial charge < -0.3 is 10.2 Å². The van der Waals surface area contributed by atoms with Crippen molar-refractivity contribution < 1.29 is 9.59 Å². The Kier molecular flexibility index (Phi) is 6.81. The second kappa shape index (κ2) is 9.92. The van der Waals surface area contributed by atoms with E-state index in [9.17, 15) is 9.59 Å². The SMILES string of the molecule is Cc1cc(C)cc(C(=O)N2CC[C@H](NCc3ccccc3)C[C@@H]2C(=O)c2ccccc2)c1. The molecule has 3 aromatic rings. The lowest BCUT2D eigenvalue weighted by molar-refractivity contribution is 0.0513. The number of nitrogens with one attached hydrogen (secondary N) is 1. The minimum absolute atomic E-state index is 0.00883. The summed E-state index contributed by atoms with van der Waals surface area (Å²) in [6.07, 6.45) is 1.43. The van der Waals surface area contributed by atoms with Gasteiger partial charge in [0.05, 0.1) is 6.04 Å². The molecule has 0 spiro atoms. The first-order valence-corrected chi connectivity index (χ1v) is 11.3. The number of ketones is 1. The summed E-state index contributed by atoms with van der Waals surface area (Å²) < 4.78 is 0. The van der Waals surface area contributed by atoms with E-state index in [-0.39, 0.29) is 17.7 Å². The van der Waals surface area contributed by atoms with Gasteiger partial charge in [-0.1, -0.05) is 77.9 Å². The van der Waals surface area contributed by atoms with Gasteiger partial charge in [-0.2, -0.15) is 0 Å². The largest absolute Gasteiger partial charge is 0.328 e. The molecule has 4 heteroatoms. The fourth-order valence-electron chi connectivity index (χ4n) is 4.56. The van der Waals surface area contributed by atoms with Gasteiger partial charge in [0.1, 0.15) is 0 Å². The van der Waals surface area contributed by atoms with Crippen molar-refractivity contribution in [3.8, 4) is 0 Å². The Morgan fingerprint density at radius 2 is 1.50 bits per heavy atom. The predicted octanol–water partition coefficient (Wildman–Crippen LogP) is 4.95. The Bertz CT molecular complexity index is 1060. The zero-order chi connectivity index (χ0) is 22.5. The number of benzene rings is 3. The summed E-state index contributed by atoms with van der Waals surface area (Å²) in [5, 5.41) is 3.60. The Labute approximate surface area is 190 Å². The molecule has 164 valence electrons. The highest BCUT2D eigenvalue weighted by atomic mass is 16.2. The molecule has 0 bridgehead atoms. The van der Waals surface area contributed by atoms with E-state index in [2.05, 4.69) is 23.5 Å². The monoisotopic (exact) mass is 426 g/mol. The van der Waals surface area contributed by atoms with E-state index in [4.69, 9.17) is 0 Å². The average molecular weight is 427 g/mol. The number of likely N-dealkylation sites (tertiary alicyclic amines) is 1. The summed E-state index contributed by atoms with van der Waals surface area (Å²) >= 11 is 0. The van der Waals surface area contributed by atoms with Gasteiger partial charge in [0.25, 0.3) is 5.91 Å². The fraction of sp³-hybridized carbons (Fsp3) is 0.286. The first kappa shape index (κ1) is 22.0. The molecular weight excluding hydrogens is 396 g/mol. The van der Waals surface area contributed by atoms with E-state index >= 15 is 0 Å². The molecular formula is C28H30N2O2. The summed E-state index contributed by atoms with van der Waals surface area (Å²) in [5.41, 5.74) is 4.63. The Hall–Kier alpha value is -3.24. The maximum absolute atomic E-state index is 13.5. The van der Waals surface area contributed by atoms with Crippen molar-refractivity contribution in [2.24, 2.45) is 0 Å². The third-order valence-corrected chi connectivity index (χ3v) is 6.13. The van der Waals surface area contributed by atoms with Gasteiger partial charge >= 0.3 is 0 Å². The highest BCUT2D eigenvalue weighted by Gasteiger charge is 2.36. The van der Waals surface area contributed by atoms with Crippen LogP contribution in [0, 0.1) is 13.8 Å². The van der Waals surface area contributed by atoms with E-state index in [1.54, 1.807) is 4.90 Å². The van der Waals surface area contributed by atoms with Crippen LogP contribution in [0.1, 0.15) is 50.2 Å². The smallest absolute Gasteiger partial charge is 0.254 e. The molecule has 1 amide bonds. The van der Waals surface area contributed by atoms with Crippen molar-refractivity contribution in [1.29, 1.82) is 0 Å². The number of hydrogen-bond acceptors (Lipinski definition) is 3. The summed E-state index contributed by atoms with van der Waals surface area (Å²) in [6, 6.07) is 25.2. The van der Waals surface area contributed by atoms with Gasteiger partial charge in [-0.15, -0.1) is 0 Å². The van der Waals surface area contributed by atoms with Crippen LogP contribution in [0.25, 0.3) is 0 Å². The summed E-state index contributed by atoms with van der Waals surface area (Å²) in [5.74, 6) is -0.0536. The van der Waals surface area contributed by atoms with Crippen LogP contribution in [-0.4, -0.2) is 35.2 Å². The number of Topliss-reactive ketones (excluding diaryl/α,β-unsaturated/α-hetero) is 1. The maximum atomic E-state index is 13.5. The number of rotatable bonds is 6. The molecule has 4 nitrogen and oxygen atoms in total. The molecule has 1 heterocycles. The second-order valence-electron chi connectivity index (χ2n) is 8.71. The van der Waals surface area contributed by atoms with Crippen molar-refractivity contribution in [2.75, 3.05) is 6.54 Å². The van der Waals surface area contributed by atoms with Gasteiger partial charge in [0, 0.05) is 30.3 Å². The third kappa shape index (κ3) is 5.14. The molecule has 1 saturated heterocycles. The van der Waals surface area contributed by atoms with E-state index in [1.807, 2.05) is 74.5 Å². The lowest BCUT2D eigenvalue weighted by atomic mass is 9.90. The maximum Gasteiger partial charge on any atom is 0.254 e. The van der Waals surface area contributed by atoms with Crippen molar-refractivity contribution in [2.45, 2.75) is 45.3 Å². The number of piperidine rings is 1. The molecule has 0 saturated carbocycles. The molecule has 3 aromatic carbocycles. The highest BCUT2D eigenvalue weighted by molar-refractivity contribution is 6.04. The number of hydrogen-bond donors (Lipinski definition) is 1. The van der Waals surface area contributed by atoms with Crippen LogP contribution in [-0.2, 0) is 6.54 Å². The van der Waals surface area contributed by atoms with Crippen molar-refractivity contribution >= 4 is 11.7 Å². The first-order valence-electron chi connectivity index (χ1n) is 11.3. The Morgan fingerprint density at radius 1 is 0.875 bits per heavy atom. The Balaban J connectivity index is 1.56. The zero-order valence-corrected chi connectivity index (χ0v) is 18.8. The second-order valence-corrected chi connectivity index (χ2v) is 8.71. The number of aryl methyl sites for hydroxylation is 2. The fourth-order valence-corrected chi connectivity index (χ4v) is 4.56. The van der Waals surface area contributed by atoms with Crippen molar-refractivity contribution in [3.05, 3.63) is 107 Å². The van der Waals surface area contributed by atoms with E-state index in [1.165, 1.54) is 5.56 Å². The molecule has 0 unspecified atom stereocenters. The van der Waals surface area contributed by atoms with Crippen molar-refractivity contribution in [1.82, 2.24) is 10.2 Å². The number of amides is 1. The molecule has 0 aromatic heterocycles. The number of carbonyl (C=O) groups is 2. The van der Waals surface area contributed by atoms with Crippen LogP contribution in [0.2, 0.25) is 0 Å². The minimum Gasteiger partial charge on any atom is -0.328 e. The van der Waals surface area contributed by atoms with Gasteiger partial charge in [0.2, 0.25) is 0 Å². The van der Waals surface area contributed by atoms with Crippen molar-refractivity contribution in [3.63, 3.8) is 0 Å². The topological polar surface area (TPSA) is 49.4 Å². The summed E-state index contributed by atoms with van der Waals surface area (Å²) in [4.78, 5) is 28.7. The molecule has 4 rings (SSSR count). The van der Waals surface area contributed by atoms with Crippen LogP contribution in [0.5, 0.6) is 0 Å². The quantitative estimate of drug-likeness (QED) is 0.568. The van der Waals surface area contributed by atoms with Crippen LogP contribution >= 0.6 is 0 Å². The molecule has 1 fully saturated rings. The summed E-state index contributed by atoms with van der Waals surface area (Å²) in [6.45, 7) is 5.30. The van der Waals surface area contributed by atoms with Crippen LogP contribution in [0.4, 0.5) is 0 Å². The van der Waals surface area contributed by atoms with Gasteiger partial charge in [-0.25, -0.2) is 0 Å². The molecule has 2 atom stereocenters. The third-order valence-electron chi connectivity index (χ3n) is 6.13. The normalized spacial score (nSPS) is 18.4.